The Kier molecular flexibility index (Phi) is 2.92. The molecule has 1 aromatic heterocycles. The second kappa shape index (κ2) is 3.95. The molecule has 70 valence electrons. The van der Waals surface area contributed by atoms with Crippen LogP contribution in [0.15, 0.2) is 6.07 Å². The van der Waals surface area contributed by atoms with Crippen LogP contribution in [0.5, 0.6) is 0 Å². The maximum absolute atomic E-state index is 10.6. The SMILES string of the molecule is COCc1cc(C(=O)O)nc(C)n1. The molecule has 0 aliphatic rings. The minimum atomic E-state index is -1.05. The van der Waals surface area contributed by atoms with Gasteiger partial charge < -0.3 is 9.84 Å². The van der Waals surface area contributed by atoms with E-state index in [9.17, 15) is 4.79 Å². The van der Waals surface area contributed by atoms with Crippen LogP contribution in [-0.4, -0.2) is 28.2 Å². The predicted octanol–water partition coefficient (Wildman–Crippen LogP) is 0.630. The fourth-order valence-electron chi connectivity index (χ4n) is 0.961. The molecule has 0 spiro atoms. The van der Waals surface area contributed by atoms with Crippen molar-refractivity contribution in [1.82, 2.24) is 9.97 Å². The first kappa shape index (κ1) is 9.60. The van der Waals surface area contributed by atoms with Crippen LogP contribution in [0.2, 0.25) is 0 Å². The molecule has 0 radical (unpaired) electrons. The molecule has 0 saturated heterocycles. The summed E-state index contributed by atoms with van der Waals surface area (Å²) in [4.78, 5) is 18.3. The van der Waals surface area contributed by atoms with Crippen LogP contribution in [0.3, 0.4) is 0 Å². The average Bonchev–Trinajstić information content (AvgIpc) is 2.03. The number of hydrogen-bond acceptors (Lipinski definition) is 4. The van der Waals surface area contributed by atoms with Gasteiger partial charge in [0.25, 0.3) is 0 Å². The van der Waals surface area contributed by atoms with Crippen LogP contribution in [0.25, 0.3) is 0 Å². The number of nitrogens with zero attached hydrogens (tertiary/aromatic N) is 2. The van der Waals surface area contributed by atoms with Crippen molar-refractivity contribution in [2.75, 3.05) is 7.11 Å². The third-order valence-corrected chi connectivity index (χ3v) is 1.40. The standard InChI is InChI=1S/C8H10N2O3/c1-5-9-6(4-13-2)3-7(10-5)8(11)12/h3H,4H2,1-2H3,(H,11,12). The Morgan fingerprint density at radius 1 is 1.62 bits per heavy atom. The van der Waals surface area contributed by atoms with Crippen LogP contribution in [0.4, 0.5) is 0 Å². The quantitative estimate of drug-likeness (QED) is 0.742. The van der Waals surface area contributed by atoms with Gasteiger partial charge in [0.2, 0.25) is 0 Å². The lowest BCUT2D eigenvalue weighted by Crippen LogP contribution is -2.06. The van der Waals surface area contributed by atoms with Crippen LogP contribution in [-0.2, 0) is 11.3 Å². The third kappa shape index (κ3) is 2.48. The van der Waals surface area contributed by atoms with E-state index >= 15 is 0 Å². The Morgan fingerprint density at radius 2 is 2.31 bits per heavy atom. The molecule has 1 N–H and O–H groups in total. The fraction of sp³-hybridized carbons (Fsp3) is 0.375. The number of aromatic carboxylic acids is 1. The van der Waals surface area contributed by atoms with Crippen molar-refractivity contribution in [3.8, 4) is 0 Å². The van der Waals surface area contributed by atoms with Gasteiger partial charge in [-0.3, -0.25) is 0 Å². The molecule has 0 fully saturated rings. The fourth-order valence-corrected chi connectivity index (χ4v) is 0.961. The van der Waals surface area contributed by atoms with Gasteiger partial charge in [0.05, 0.1) is 12.3 Å². The topological polar surface area (TPSA) is 72.3 Å². The van der Waals surface area contributed by atoms with Crippen molar-refractivity contribution >= 4 is 5.97 Å². The molecule has 0 atom stereocenters. The zero-order chi connectivity index (χ0) is 9.84. The molecule has 1 rings (SSSR count). The molecule has 0 bridgehead atoms. The van der Waals surface area contributed by atoms with Crippen molar-refractivity contribution in [2.24, 2.45) is 0 Å². The van der Waals surface area contributed by atoms with Gasteiger partial charge >= 0.3 is 5.97 Å². The number of ether oxygens (including phenoxy) is 1. The summed E-state index contributed by atoms with van der Waals surface area (Å²) in [5.41, 5.74) is 0.576. The lowest BCUT2D eigenvalue weighted by atomic mass is 10.3. The van der Waals surface area contributed by atoms with Gasteiger partial charge in [0, 0.05) is 7.11 Å². The van der Waals surface area contributed by atoms with Crippen LogP contribution in [0.1, 0.15) is 22.0 Å². The van der Waals surface area contributed by atoms with Gasteiger partial charge in [0.1, 0.15) is 5.82 Å². The van der Waals surface area contributed by atoms with E-state index in [0.717, 1.165) is 0 Å². The second-order valence-electron chi connectivity index (χ2n) is 2.53. The van der Waals surface area contributed by atoms with E-state index in [2.05, 4.69) is 9.97 Å². The summed E-state index contributed by atoms with van der Waals surface area (Å²) < 4.78 is 4.83. The molecule has 0 unspecified atom stereocenters. The first-order valence-electron chi connectivity index (χ1n) is 3.70. The molecule has 0 aliphatic carbocycles. The maximum atomic E-state index is 10.6. The summed E-state index contributed by atoms with van der Waals surface area (Å²) in [5.74, 6) is -0.616. The zero-order valence-electron chi connectivity index (χ0n) is 7.44. The molecule has 13 heavy (non-hydrogen) atoms. The Hall–Kier alpha value is -1.49. The summed E-state index contributed by atoms with van der Waals surface area (Å²) in [6.07, 6.45) is 0. The molecule has 0 aromatic carbocycles. The second-order valence-corrected chi connectivity index (χ2v) is 2.53. The lowest BCUT2D eigenvalue weighted by molar-refractivity contribution is 0.0689. The van der Waals surface area contributed by atoms with Gasteiger partial charge in [-0.25, -0.2) is 14.8 Å². The largest absolute Gasteiger partial charge is 0.477 e. The van der Waals surface area contributed by atoms with E-state index in [1.807, 2.05) is 0 Å². The molecule has 5 nitrogen and oxygen atoms in total. The zero-order valence-corrected chi connectivity index (χ0v) is 7.44. The molecule has 1 aromatic rings. The maximum Gasteiger partial charge on any atom is 0.354 e. The minimum Gasteiger partial charge on any atom is -0.477 e. The van der Waals surface area contributed by atoms with E-state index in [1.165, 1.54) is 13.2 Å². The number of rotatable bonds is 3. The van der Waals surface area contributed by atoms with Crippen LogP contribution in [0, 0.1) is 6.92 Å². The van der Waals surface area contributed by atoms with Crippen LogP contribution >= 0.6 is 0 Å². The number of carboxylic acid groups (broad SMARTS) is 1. The highest BCUT2D eigenvalue weighted by Gasteiger charge is 2.07. The Morgan fingerprint density at radius 3 is 2.85 bits per heavy atom. The molecule has 1 heterocycles. The number of methoxy groups -OCH3 is 1. The minimum absolute atomic E-state index is 0.000417. The molecular formula is C8H10N2O3. The highest BCUT2D eigenvalue weighted by molar-refractivity contribution is 5.85. The normalized spacial score (nSPS) is 10.0. The third-order valence-electron chi connectivity index (χ3n) is 1.40. The Labute approximate surface area is 75.4 Å². The van der Waals surface area contributed by atoms with Crippen molar-refractivity contribution in [1.29, 1.82) is 0 Å². The number of aryl methyl sites for hydroxylation is 1. The average molecular weight is 182 g/mol. The van der Waals surface area contributed by atoms with Gasteiger partial charge in [-0.15, -0.1) is 0 Å². The monoisotopic (exact) mass is 182 g/mol. The number of carbonyl (C=O) groups is 1. The van der Waals surface area contributed by atoms with Crippen LogP contribution < -0.4 is 0 Å². The Balaban J connectivity index is 3.03. The lowest BCUT2D eigenvalue weighted by Gasteiger charge is -2.01. The van der Waals surface area contributed by atoms with Gasteiger partial charge in [0.15, 0.2) is 5.69 Å². The molecular weight excluding hydrogens is 172 g/mol. The summed E-state index contributed by atoms with van der Waals surface area (Å²) in [6.45, 7) is 1.94. The number of hydrogen-bond donors (Lipinski definition) is 1. The van der Waals surface area contributed by atoms with Crippen molar-refractivity contribution in [3.63, 3.8) is 0 Å². The Bertz CT molecular complexity index is 325. The first-order chi connectivity index (χ1) is 6.13. The first-order valence-corrected chi connectivity index (χ1v) is 3.70. The van der Waals surface area contributed by atoms with Crippen molar-refractivity contribution in [3.05, 3.63) is 23.3 Å². The van der Waals surface area contributed by atoms with Gasteiger partial charge in [-0.1, -0.05) is 0 Å². The molecule has 0 saturated carbocycles. The van der Waals surface area contributed by atoms with E-state index in [1.54, 1.807) is 6.92 Å². The van der Waals surface area contributed by atoms with Crippen molar-refractivity contribution in [2.45, 2.75) is 13.5 Å². The van der Waals surface area contributed by atoms with E-state index in [0.29, 0.717) is 18.1 Å². The number of carboxylic acids is 1. The van der Waals surface area contributed by atoms with Crippen molar-refractivity contribution < 1.29 is 14.6 Å². The van der Waals surface area contributed by atoms with Gasteiger partial charge in [-0.05, 0) is 13.0 Å². The van der Waals surface area contributed by atoms with E-state index in [4.69, 9.17) is 9.84 Å². The summed E-state index contributed by atoms with van der Waals surface area (Å²) in [7, 11) is 1.53. The predicted molar refractivity (Wildman–Crippen MR) is 44.4 cm³/mol. The summed E-state index contributed by atoms with van der Waals surface area (Å²) in [6, 6.07) is 1.40. The highest BCUT2D eigenvalue weighted by Crippen LogP contribution is 2.02. The molecule has 5 heteroatoms. The van der Waals surface area contributed by atoms with E-state index in [-0.39, 0.29) is 5.69 Å². The summed E-state index contributed by atoms with van der Waals surface area (Å²) >= 11 is 0. The van der Waals surface area contributed by atoms with E-state index < -0.39 is 5.97 Å². The number of aromatic nitrogens is 2. The molecule has 0 amide bonds. The summed E-state index contributed by atoms with van der Waals surface area (Å²) in [5, 5.41) is 8.67. The van der Waals surface area contributed by atoms with Gasteiger partial charge in [-0.2, -0.15) is 0 Å². The highest BCUT2D eigenvalue weighted by atomic mass is 16.5. The molecule has 0 aliphatic heterocycles. The smallest absolute Gasteiger partial charge is 0.354 e.